The van der Waals surface area contributed by atoms with Crippen LogP contribution >= 0.6 is 11.3 Å². The molecule has 0 radical (unpaired) electrons. The van der Waals surface area contributed by atoms with Crippen molar-refractivity contribution in [1.82, 2.24) is 15.1 Å². The second kappa shape index (κ2) is 3.67. The van der Waals surface area contributed by atoms with Crippen molar-refractivity contribution in [3.63, 3.8) is 0 Å². The van der Waals surface area contributed by atoms with Crippen LogP contribution in [0.1, 0.15) is 0 Å². The summed E-state index contributed by atoms with van der Waals surface area (Å²) in [6, 6.07) is -0.184. The van der Waals surface area contributed by atoms with E-state index in [0.29, 0.717) is 18.2 Å². The molecule has 1 aromatic rings. The molecule has 0 atom stereocenters. The molecule has 1 aromatic heterocycles. The molecule has 88 valence electrons. The van der Waals surface area contributed by atoms with Crippen LogP contribution in [0.4, 0.5) is 9.93 Å². The largest absolute Gasteiger partial charge is 0.326 e. The minimum absolute atomic E-state index is 0.0650. The zero-order valence-electron chi connectivity index (χ0n) is 8.74. The number of urea groups is 1. The Labute approximate surface area is 96.6 Å². The molecule has 7 nitrogen and oxygen atoms in total. The van der Waals surface area contributed by atoms with Crippen LogP contribution in [0, 0.1) is 0 Å². The summed E-state index contributed by atoms with van der Waals surface area (Å²) < 4.78 is 22.3. The van der Waals surface area contributed by atoms with Gasteiger partial charge in [-0.15, -0.1) is 10.2 Å². The number of nitrogens with zero attached hydrogens (tertiary/aromatic N) is 4. The topological polar surface area (TPSA) is 83.5 Å². The molecule has 0 saturated carbocycles. The first-order valence-corrected chi connectivity index (χ1v) is 7.16. The van der Waals surface area contributed by atoms with Crippen molar-refractivity contribution < 1.29 is 13.2 Å². The molecule has 0 bridgehead atoms. The number of hydrogen-bond donors (Lipinski definition) is 0. The first-order chi connectivity index (χ1) is 7.39. The molecule has 16 heavy (non-hydrogen) atoms. The van der Waals surface area contributed by atoms with Crippen LogP contribution in [0.25, 0.3) is 0 Å². The van der Waals surface area contributed by atoms with E-state index in [1.165, 1.54) is 4.90 Å². The van der Waals surface area contributed by atoms with E-state index in [4.69, 9.17) is 0 Å². The lowest BCUT2D eigenvalue weighted by Gasteiger charge is -2.10. The van der Waals surface area contributed by atoms with Gasteiger partial charge in [-0.05, 0) is 0 Å². The maximum Gasteiger partial charge on any atom is 0.326 e. The highest BCUT2D eigenvalue weighted by atomic mass is 32.2. The second-order valence-electron chi connectivity index (χ2n) is 3.48. The van der Waals surface area contributed by atoms with E-state index >= 15 is 0 Å². The quantitative estimate of drug-likeness (QED) is 0.690. The fourth-order valence-electron chi connectivity index (χ4n) is 1.29. The number of sulfone groups is 1. The van der Waals surface area contributed by atoms with Gasteiger partial charge in [-0.25, -0.2) is 13.2 Å². The summed E-state index contributed by atoms with van der Waals surface area (Å²) in [6.07, 6.45) is 1.06. The summed E-state index contributed by atoms with van der Waals surface area (Å²) in [5.41, 5.74) is 0. The molecule has 0 N–H and O–H groups in total. The molecule has 2 rings (SSSR count). The molecule has 2 amide bonds. The summed E-state index contributed by atoms with van der Waals surface area (Å²) in [4.78, 5) is 14.6. The van der Waals surface area contributed by atoms with Crippen LogP contribution in [0.3, 0.4) is 0 Å². The number of amides is 2. The third-order valence-corrected chi connectivity index (χ3v) is 4.78. The number of likely N-dealkylation sites (N-methyl/N-ethyl adjacent to an activating group) is 1. The standard InChI is InChI=1S/C7H10N4O3S2/c1-10-3-4-11(7(10)12)5-8-9-6(15-5)16(2,13)14/h3-4H2,1-2H3. The first kappa shape index (κ1) is 11.3. The van der Waals surface area contributed by atoms with Crippen LogP contribution in [-0.4, -0.2) is 55.9 Å². The smallest absolute Gasteiger partial charge is 0.326 e. The van der Waals surface area contributed by atoms with Crippen LogP contribution in [0.15, 0.2) is 4.34 Å². The lowest BCUT2D eigenvalue weighted by molar-refractivity contribution is 0.229. The van der Waals surface area contributed by atoms with Crippen LogP contribution < -0.4 is 4.90 Å². The maximum atomic E-state index is 11.6. The average molecular weight is 262 g/mol. The van der Waals surface area contributed by atoms with Crippen LogP contribution in [0.5, 0.6) is 0 Å². The highest BCUT2D eigenvalue weighted by Crippen LogP contribution is 2.25. The molecular formula is C7H10N4O3S2. The van der Waals surface area contributed by atoms with E-state index in [1.807, 2.05) is 0 Å². The van der Waals surface area contributed by atoms with Gasteiger partial charge in [-0.2, -0.15) is 0 Å². The summed E-state index contributed by atoms with van der Waals surface area (Å²) >= 11 is 0.911. The lowest BCUT2D eigenvalue weighted by Crippen LogP contribution is -2.29. The van der Waals surface area contributed by atoms with E-state index in [9.17, 15) is 13.2 Å². The van der Waals surface area contributed by atoms with Crippen LogP contribution in [0.2, 0.25) is 0 Å². The van der Waals surface area contributed by atoms with Gasteiger partial charge in [-0.1, -0.05) is 11.3 Å². The SMILES string of the molecule is CN1CCN(c2nnc(S(C)(=O)=O)s2)C1=O. The van der Waals surface area contributed by atoms with Crippen molar-refractivity contribution in [2.24, 2.45) is 0 Å². The van der Waals surface area contributed by atoms with Gasteiger partial charge in [0.2, 0.25) is 19.3 Å². The molecule has 1 aliphatic heterocycles. The van der Waals surface area contributed by atoms with Gasteiger partial charge in [0.15, 0.2) is 0 Å². The number of hydrogen-bond acceptors (Lipinski definition) is 6. The minimum atomic E-state index is -3.35. The predicted octanol–water partition coefficient (Wildman–Crippen LogP) is -0.187. The van der Waals surface area contributed by atoms with Crippen molar-refractivity contribution in [2.75, 3.05) is 31.3 Å². The zero-order valence-corrected chi connectivity index (χ0v) is 10.4. The summed E-state index contributed by atoms with van der Waals surface area (Å²) in [7, 11) is -1.67. The van der Waals surface area contributed by atoms with Crippen molar-refractivity contribution in [2.45, 2.75) is 4.34 Å². The molecule has 0 unspecified atom stereocenters. The van der Waals surface area contributed by atoms with E-state index < -0.39 is 9.84 Å². The summed E-state index contributed by atoms with van der Waals surface area (Å²) in [6.45, 7) is 1.11. The predicted molar refractivity (Wildman–Crippen MR) is 58.4 cm³/mol. The first-order valence-electron chi connectivity index (χ1n) is 4.46. The Balaban J connectivity index is 2.30. The monoisotopic (exact) mass is 262 g/mol. The normalized spacial score (nSPS) is 17.2. The number of aromatic nitrogens is 2. The third kappa shape index (κ3) is 1.87. The second-order valence-corrected chi connectivity index (χ2v) is 6.62. The van der Waals surface area contributed by atoms with Crippen molar-refractivity contribution in [3.8, 4) is 0 Å². The molecule has 1 saturated heterocycles. The fraction of sp³-hybridized carbons (Fsp3) is 0.571. The van der Waals surface area contributed by atoms with Gasteiger partial charge in [0.05, 0.1) is 0 Å². The Hall–Kier alpha value is -1.22. The van der Waals surface area contributed by atoms with E-state index in [1.54, 1.807) is 11.9 Å². The highest BCUT2D eigenvalue weighted by molar-refractivity contribution is 7.92. The van der Waals surface area contributed by atoms with Gasteiger partial charge in [-0.3, -0.25) is 4.90 Å². The molecule has 0 aromatic carbocycles. The number of rotatable bonds is 2. The average Bonchev–Trinajstić information content (AvgIpc) is 2.74. The Morgan fingerprint density at radius 1 is 1.31 bits per heavy atom. The summed E-state index contributed by atoms with van der Waals surface area (Å²) in [5.74, 6) is 0. The Morgan fingerprint density at radius 3 is 2.44 bits per heavy atom. The fourth-order valence-corrected chi connectivity index (χ4v) is 2.90. The molecule has 1 fully saturated rings. The molecular weight excluding hydrogens is 252 g/mol. The molecule has 0 aliphatic carbocycles. The molecule has 0 spiro atoms. The Kier molecular flexibility index (Phi) is 2.58. The lowest BCUT2D eigenvalue weighted by atomic mass is 10.6. The molecule has 9 heteroatoms. The maximum absolute atomic E-state index is 11.6. The van der Waals surface area contributed by atoms with Crippen molar-refractivity contribution >= 4 is 32.3 Å². The molecule has 2 heterocycles. The van der Waals surface area contributed by atoms with E-state index in [2.05, 4.69) is 10.2 Å². The minimum Gasteiger partial charge on any atom is -0.326 e. The number of carbonyl (C=O) groups is 1. The number of carbonyl (C=O) groups excluding carboxylic acids is 1. The van der Waals surface area contributed by atoms with Gasteiger partial charge in [0.25, 0.3) is 0 Å². The number of anilines is 1. The van der Waals surface area contributed by atoms with Gasteiger partial charge in [0.1, 0.15) is 0 Å². The zero-order chi connectivity index (χ0) is 11.9. The summed E-state index contributed by atoms with van der Waals surface area (Å²) in [5, 5.41) is 7.61. The Morgan fingerprint density at radius 2 is 2.00 bits per heavy atom. The third-order valence-electron chi connectivity index (χ3n) is 2.16. The van der Waals surface area contributed by atoms with Crippen LogP contribution in [-0.2, 0) is 9.84 Å². The van der Waals surface area contributed by atoms with E-state index in [-0.39, 0.29) is 10.4 Å². The van der Waals surface area contributed by atoms with Crippen molar-refractivity contribution in [1.29, 1.82) is 0 Å². The molecule has 1 aliphatic rings. The highest BCUT2D eigenvalue weighted by Gasteiger charge is 2.30. The van der Waals surface area contributed by atoms with Gasteiger partial charge < -0.3 is 4.90 Å². The van der Waals surface area contributed by atoms with Gasteiger partial charge >= 0.3 is 6.03 Å². The van der Waals surface area contributed by atoms with E-state index in [0.717, 1.165) is 17.6 Å². The van der Waals surface area contributed by atoms with Crippen molar-refractivity contribution in [3.05, 3.63) is 0 Å². The Bertz CT molecular complexity index is 523. The van der Waals surface area contributed by atoms with Gasteiger partial charge in [0, 0.05) is 26.4 Å².